The van der Waals surface area contributed by atoms with E-state index in [1.165, 1.54) is 42.3 Å². The predicted octanol–water partition coefficient (Wildman–Crippen LogP) is 3.94. The first kappa shape index (κ1) is 19.5. The number of nitrogens with zero attached hydrogens (tertiary/aromatic N) is 5. The average molecular weight is 421 g/mol. The Morgan fingerprint density at radius 3 is 2.20 bits per heavy atom. The molecule has 10 heteroatoms. The summed E-state index contributed by atoms with van der Waals surface area (Å²) in [6.45, 7) is 2.77. The maximum Gasteiger partial charge on any atom is 0.269 e. The number of imidazole rings is 1. The zero-order valence-electron chi connectivity index (χ0n) is 16.0. The lowest BCUT2D eigenvalue weighted by atomic mass is 10.2. The first-order valence-corrected chi connectivity index (χ1v) is 9.69. The fraction of sp³-hybridized carbons (Fsp3) is 0.100. The number of aromatic nitrogens is 2. The van der Waals surface area contributed by atoms with Crippen LogP contribution >= 0.6 is 11.8 Å². The van der Waals surface area contributed by atoms with Gasteiger partial charge in [0.15, 0.2) is 5.82 Å². The molecule has 1 aliphatic heterocycles. The second-order valence-corrected chi connectivity index (χ2v) is 7.40. The minimum Gasteiger partial charge on any atom is -0.274 e. The van der Waals surface area contributed by atoms with Gasteiger partial charge in [0.1, 0.15) is 15.9 Å². The molecule has 1 amide bonds. The summed E-state index contributed by atoms with van der Waals surface area (Å²) >= 11 is 1.18. The Morgan fingerprint density at radius 1 is 0.967 bits per heavy atom. The fourth-order valence-electron chi connectivity index (χ4n) is 3.01. The van der Waals surface area contributed by atoms with Gasteiger partial charge >= 0.3 is 0 Å². The highest BCUT2D eigenvalue weighted by molar-refractivity contribution is 8.14. The van der Waals surface area contributed by atoms with E-state index < -0.39 is 4.92 Å². The van der Waals surface area contributed by atoms with Gasteiger partial charge in [-0.25, -0.2) is 4.98 Å². The molecule has 9 nitrogen and oxygen atoms in total. The SMILES string of the molecule is CC(=O)N1N=C(c2ccc([N+](=O)[O-])cc2)Sc2c1nc(-c1ccccc1)n2C(C)=O. The van der Waals surface area contributed by atoms with Crippen molar-refractivity contribution in [2.75, 3.05) is 5.01 Å². The highest BCUT2D eigenvalue weighted by Crippen LogP contribution is 2.40. The van der Waals surface area contributed by atoms with Crippen LogP contribution in [0.15, 0.2) is 64.7 Å². The van der Waals surface area contributed by atoms with Gasteiger partial charge in [0.25, 0.3) is 5.69 Å². The molecule has 2 aromatic carbocycles. The number of nitro benzene ring substituents is 1. The number of fused-ring (bicyclic) bond motifs is 1. The molecule has 30 heavy (non-hydrogen) atoms. The third-order valence-electron chi connectivity index (χ3n) is 4.37. The van der Waals surface area contributed by atoms with Crippen molar-refractivity contribution in [1.82, 2.24) is 9.55 Å². The number of hydrazone groups is 1. The number of nitro groups is 1. The number of carbonyl (C=O) groups excluding carboxylic acids is 2. The number of hydrogen-bond acceptors (Lipinski definition) is 7. The number of non-ortho nitro benzene ring substituents is 1. The zero-order chi connectivity index (χ0) is 21.4. The summed E-state index contributed by atoms with van der Waals surface area (Å²) in [6, 6.07) is 15.0. The van der Waals surface area contributed by atoms with Crippen LogP contribution in [0.2, 0.25) is 0 Å². The summed E-state index contributed by atoms with van der Waals surface area (Å²) in [7, 11) is 0. The summed E-state index contributed by atoms with van der Waals surface area (Å²) in [4.78, 5) is 39.8. The first-order chi connectivity index (χ1) is 14.4. The number of anilines is 1. The highest BCUT2D eigenvalue weighted by Gasteiger charge is 2.32. The number of amides is 1. The van der Waals surface area contributed by atoms with Gasteiger partial charge < -0.3 is 0 Å². The Morgan fingerprint density at radius 2 is 1.63 bits per heavy atom. The standard InChI is InChI=1S/C20H15N5O4S/c1-12(26)23-17(14-6-4-3-5-7-14)21-18-20(23)30-19(22-24(18)13(2)27)15-8-10-16(11-9-15)25(28)29/h3-11H,1-2H3. The first-order valence-electron chi connectivity index (χ1n) is 8.88. The van der Waals surface area contributed by atoms with Gasteiger partial charge in [-0.05, 0) is 23.9 Å². The third-order valence-corrected chi connectivity index (χ3v) is 5.44. The van der Waals surface area contributed by atoms with E-state index in [9.17, 15) is 19.7 Å². The molecule has 150 valence electrons. The van der Waals surface area contributed by atoms with Gasteiger partial charge in [0.2, 0.25) is 11.8 Å². The van der Waals surface area contributed by atoms with E-state index in [-0.39, 0.29) is 23.3 Å². The highest BCUT2D eigenvalue weighted by atomic mass is 32.2. The molecule has 0 radical (unpaired) electrons. The lowest BCUT2D eigenvalue weighted by Crippen LogP contribution is -2.28. The number of rotatable bonds is 3. The average Bonchev–Trinajstić information content (AvgIpc) is 3.13. The maximum atomic E-state index is 12.5. The predicted molar refractivity (Wildman–Crippen MR) is 113 cm³/mol. The minimum absolute atomic E-state index is 0.0515. The van der Waals surface area contributed by atoms with E-state index in [1.54, 1.807) is 12.1 Å². The normalized spacial score (nSPS) is 12.9. The quantitative estimate of drug-likeness (QED) is 0.468. The van der Waals surface area contributed by atoms with Gasteiger partial charge in [-0.15, -0.1) is 0 Å². The van der Waals surface area contributed by atoms with Crippen LogP contribution in [-0.2, 0) is 4.79 Å². The van der Waals surface area contributed by atoms with Crippen molar-refractivity contribution in [2.45, 2.75) is 18.9 Å². The van der Waals surface area contributed by atoms with Crippen molar-refractivity contribution in [2.24, 2.45) is 5.10 Å². The van der Waals surface area contributed by atoms with Crippen LogP contribution < -0.4 is 5.01 Å². The van der Waals surface area contributed by atoms with Crippen LogP contribution in [0, 0.1) is 10.1 Å². The van der Waals surface area contributed by atoms with Crippen LogP contribution in [0.5, 0.6) is 0 Å². The van der Waals surface area contributed by atoms with Crippen LogP contribution in [-0.4, -0.2) is 31.3 Å². The van der Waals surface area contributed by atoms with Crippen molar-refractivity contribution < 1.29 is 14.5 Å². The summed E-state index contributed by atoms with van der Waals surface area (Å²) < 4.78 is 1.45. The molecule has 2 heterocycles. The smallest absolute Gasteiger partial charge is 0.269 e. The summed E-state index contributed by atoms with van der Waals surface area (Å²) in [5.41, 5.74) is 1.26. The van der Waals surface area contributed by atoms with Gasteiger partial charge in [0, 0.05) is 37.1 Å². The molecule has 0 atom stereocenters. The number of benzene rings is 2. The largest absolute Gasteiger partial charge is 0.274 e. The van der Waals surface area contributed by atoms with Crippen LogP contribution in [0.25, 0.3) is 11.4 Å². The van der Waals surface area contributed by atoms with Crippen molar-refractivity contribution in [3.8, 4) is 11.4 Å². The molecule has 1 aliphatic rings. The fourth-order valence-corrected chi connectivity index (χ4v) is 4.10. The molecule has 0 saturated carbocycles. The van der Waals surface area contributed by atoms with Crippen molar-refractivity contribution in [3.05, 3.63) is 70.3 Å². The second kappa shape index (κ2) is 7.56. The van der Waals surface area contributed by atoms with E-state index in [0.717, 1.165) is 10.6 Å². The number of carbonyl (C=O) groups is 2. The molecule has 0 aliphatic carbocycles. The minimum atomic E-state index is -0.490. The van der Waals surface area contributed by atoms with Crippen LogP contribution in [0.4, 0.5) is 11.5 Å². The summed E-state index contributed by atoms with van der Waals surface area (Å²) in [5.74, 6) is 0.0477. The number of thioether (sulfide) groups is 1. The molecule has 4 rings (SSSR count). The molecule has 1 aromatic heterocycles. The van der Waals surface area contributed by atoms with Crippen molar-refractivity contribution in [1.29, 1.82) is 0 Å². The van der Waals surface area contributed by atoms with E-state index in [2.05, 4.69) is 10.1 Å². The van der Waals surface area contributed by atoms with Gasteiger partial charge in [-0.2, -0.15) is 10.1 Å². The Kier molecular flexibility index (Phi) is 4.92. The Balaban J connectivity index is 1.85. The molecule has 3 aromatic rings. The topological polar surface area (TPSA) is 111 Å². The molecular formula is C20H15N5O4S. The van der Waals surface area contributed by atoms with Gasteiger partial charge in [-0.3, -0.25) is 24.3 Å². The molecule has 0 spiro atoms. The van der Waals surface area contributed by atoms with E-state index in [0.29, 0.717) is 21.5 Å². The lowest BCUT2D eigenvalue weighted by Gasteiger charge is -2.21. The zero-order valence-corrected chi connectivity index (χ0v) is 16.8. The van der Waals surface area contributed by atoms with E-state index >= 15 is 0 Å². The third kappa shape index (κ3) is 3.37. The summed E-state index contributed by atoms with van der Waals surface area (Å²) in [5, 5.41) is 17.3. The molecule has 0 N–H and O–H groups in total. The Hall–Kier alpha value is -3.79. The monoisotopic (exact) mass is 421 g/mol. The Bertz CT molecular complexity index is 1200. The Labute approximate surface area is 175 Å². The lowest BCUT2D eigenvalue weighted by molar-refractivity contribution is -0.384. The van der Waals surface area contributed by atoms with E-state index in [4.69, 9.17) is 0 Å². The van der Waals surface area contributed by atoms with Crippen molar-refractivity contribution in [3.63, 3.8) is 0 Å². The molecule has 0 bridgehead atoms. The van der Waals surface area contributed by atoms with Gasteiger partial charge in [-0.1, -0.05) is 30.3 Å². The van der Waals surface area contributed by atoms with Crippen LogP contribution in [0.3, 0.4) is 0 Å². The van der Waals surface area contributed by atoms with Crippen LogP contribution in [0.1, 0.15) is 24.2 Å². The molecule has 0 fully saturated rings. The number of hydrogen-bond donors (Lipinski definition) is 0. The maximum absolute atomic E-state index is 12.5. The molecular weight excluding hydrogens is 406 g/mol. The van der Waals surface area contributed by atoms with E-state index in [1.807, 2.05) is 30.3 Å². The molecule has 0 unspecified atom stereocenters. The van der Waals surface area contributed by atoms with Crippen molar-refractivity contribution >= 4 is 40.1 Å². The summed E-state index contributed by atoms with van der Waals surface area (Å²) in [6.07, 6.45) is 0. The molecule has 0 saturated heterocycles. The second-order valence-electron chi connectivity index (χ2n) is 6.43. The van der Waals surface area contributed by atoms with Gasteiger partial charge in [0.05, 0.1) is 4.92 Å².